The molecular weight excluding hydrogens is 318 g/mol. The van der Waals surface area contributed by atoms with Gasteiger partial charge in [0.1, 0.15) is 11.5 Å². The minimum atomic E-state index is 0.0369. The van der Waals surface area contributed by atoms with Crippen molar-refractivity contribution < 1.29 is 14.3 Å². The Labute approximate surface area is 147 Å². The van der Waals surface area contributed by atoms with Crippen molar-refractivity contribution in [3.05, 3.63) is 41.7 Å². The van der Waals surface area contributed by atoms with E-state index in [1.165, 1.54) is 11.3 Å². The number of carbonyl (C=O) groups excluding carboxylic acids is 1. The SMILES string of the molecule is COc1cccc(OCC(=O)N2CCCC3(CCc4cn[nH]c43)C2)c1. The Morgan fingerprint density at radius 1 is 1.36 bits per heavy atom. The second-order valence-electron chi connectivity index (χ2n) is 6.94. The van der Waals surface area contributed by atoms with Crippen molar-refractivity contribution in [1.82, 2.24) is 15.1 Å². The molecule has 0 radical (unpaired) electrons. The molecule has 1 N–H and O–H groups in total. The van der Waals surface area contributed by atoms with Gasteiger partial charge in [-0.1, -0.05) is 6.07 Å². The largest absolute Gasteiger partial charge is 0.497 e. The third kappa shape index (κ3) is 2.97. The van der Waals surface area contributed by atoms with Gasteiger partial charge in [-0.3, -0.25) is 9.89 Å². The molecule has 6 nitrogen and oxygen atoms in total. The monoisotopic (exact) mass is 341 g/mol. The number of methoxy groups -OCH3 is 1. The highest BCUT2D eigenvalue weighted by atomic mass is 16.5. The highest BCUT2D eigenvalue weighted by Crippen LogP contribution is 2.43. The second-order valence-corrected chi connectivity index (χ2v) is 6.94. The van der Waals surface area contributed by atoms with Crippen LogP contribution in [0.25, 0.3) is 0 Å². The normalized spacial score (nSPS) is 22.0. The Bertz CT molecular complexity index is 773. The Balaban J connectivity index is 1.41. The number of rotatable bonds is 4. The van der Waals surface area contributed by atoms with E-state index in [4.69, 9.17) is 9.47 Å². The maximum atomic E-state index is 12.7. The minimum absolute atomic E-state index is 0.0369. The van der Waals surface area contributed by atoms with Gasteiger partial charge in [0, 0.05) is 30.3 Å². The average Bonchev–Trinajstić information content (AvgIpc) is 3.25. The van der Waals surface area contributed by atoms with Crippen molar-refractivity contribution in [2.45, 2.75) is 31.1 Å². The molecule has 1 aromatic heterocycles. The number of hydrogen-bond donors (Lipinski definition) is 1. The third-order valence-corrected chi connectivity index (χ3v) is 5.45. The number of nitrogens with zero attached hydrogens (tertiary/aromatic N) is 2. The molecule has 25 heavy (non-hydrogen) atoms. The van der Waals surface area contributed by atoms with E-state index in [0.29, 0.717) is 5.75 Å². The van der Waals surface area contributed by atoms with E-state index in [-0.39, 0.29) is 17.9 Å². The summed E-state index contributed by atoms with van der Waals surface area (Å²) in [6, 6.07) is 7.33. The number of carbonyl (C=O) groups is 1. The molecule has 0 saturated carbocycles. The van der Waals surface area contributed by atoms with Gasteiger partial charge in [0.15, 0.2) is 6.61 Å². The molecule has 1 spiro atoms. The van der Waals surface area contributed by atoms with Crippen LogP contribution in [0.15, 0.2) is 30.5 Å². The van der Waals surface area contributed by atoms with Crippen LogP contribution < -0.4 is 9.47 Å². The van der Waals surface area contributed by atoms with Gasteiger partial charge in [-0.05, 0) is 43.4 Å². The number of nitrogens with one attached hydrogen (secondary N) is 1. The first-order valence-electron chi connectivity index (χ1n) is 8.77. The van der Waals surface area contributed by atoms with Crippen LogP contribution in [0.3, 0.4) is 0 Å². The fourth-order valence-electron chi connectivity index (χ4n) is 4.14. The number of aromatic amines is 1. The van der Waals surface area contributed by atoms with Crippen LogP contribution in [0.5, 0.6) is 11.5 Å². The molecule has 132 valence electrons. The van der Waals surface area contributed by atoms with Gasteiger partial charge < -0.3 is 14.4 Å². The van der Waals surface area contributed by atoms with Gasteiger partial charge in [-0.2, -0.15) is 5.10 Å². The molecule has 1 aliphatic heterocycles. The zero-order valence-corrected chi connectivity index (χ0v) is 14.5. The molecule has 2 aromatic rings. The molecule has 2 heterocycles. The van der Waals surface area contributed by atoms with Gasteiger partial charge in [0.05, 0.1) is 13.3 Å². The van der Waals surface area contributed by atoms with Gasteiger partial charge in [0.2, 0.25) is 0 Å². The molecule has 6 heteroatoms. The first-order valence-corrected chi connectivity index (χ1v) is 8.77. The van der Waals surface area contributed by atoms with Crippen molar-refractivity contribution in [3.63, 3.8) is 0 Å². The summed E-state index contributed by atoms with van der Waals surface area (Å²) in [6.45, 7) is 1.60. The predicted molar refractivity (Wildman–Crippen MR) is 92.9 cm³/mol. The lowest BCUT2D eigenvalue weighted by atomic mass is 9.77. The molecule has 1 saturated heterocycles. The number of piperidine rings is 1. The van der Waals surface area contributed by atoms with Crippen molar-refractivity contribution >= 4 is 5.91 Å². The molecule has 1 unspecified atom stereocenters. The van der Waals surface area contributed by atoms with Crippen molar-refractivity contribution in [2.75, 3.05) is 26.8 Å². The van der Waals surface area contributed by atoms with E-state index in [9.17, 15) is 4.79 Å². The molecule has 1 aliphatic carbocycles. The van der Waals surface area contributed by atoms with E-state index in [1.54, 1.807) is 13.2 Å². The summed E-state index contributed by atoms with van der Waals surface area (Å²) < 4.78 is 10.9. The van der Waals surface area contributed by atoms with Gasteiger partial charge in [-0.15, -0.1) is 0 Å². The highest BCUT2D eigenvalue weighted by molar-refractivity contribution is 5.78. The van der Waals surface area contributed by atoms with Gasteiger partial charge >= 0.3 is 0 Å². The standard InChI is InChI=1S/C19H23N3O3/c1-24-15-4-2-5-16(10-15)25-12-17(23)22-9-3-7-19(13-22)8-6-14-11-20-21-18(14)19/h2,4-5,10-11H,3,6-9,12-13H2,1H3,(H,20,21). The highest BCUT2D eigenvalue weighted by Gasteiger charge is 2.44. The van der Waals surface area contributed by atoms with E-state index in [1.807, 2.05) is 29.3 Å². The van der Waals surface area contributed by atoms with Crippen LogP contribution >= 0.6 is 0 Å². The number of hydrogen-bond acceptors (Lipinski definition) is 4. The number of fused-ring (bicyclic) bond motifs is 2. The maximum Gasteiger partial charge on any atom is 0.260 e. The van der Waals surface area contributed by atoms with Crippen molar-refractivity contribution in [3.8, 4) is 11.5 Å². The number of aromatic nitrogens is 2. The Morgan fingerprint density at radius 2 is 2.24 bits per heavy atom. The van der Waals surface area contributed by atoms with Crippen LogP contribution in [0.4, 0.5) is 0 Å². The number of ether oxygens (including phenoxy) is 2. The average molecular weight is 341 g/mol. The second kappa shape index (κ2) is 6.43. The van der Waals surface area contributed by atoms with E-state index in [2.05, 4.69) is 10.2 Å². The topological polar surface area (TPSA) is 67.5 Å². The summed E-state index contributed by atoms with van der Waals surface area (Å²) >= 11 is 0. The number of H-pyrrole nitrogens is 1. The lowest BCUT2D eigenvalue weighted by Crippen LogP contribution is -2.49. The van der Waals surface area contributed by atoms with Crippen molar-refractivity contribution in [2.24, 2.45) is 0 Å². The number of aryl methyl sites for hydroxylation is 1. The summed E-state index contributed by atoms with van der Waals surface area (Å²) in [6.07, 6.45) is 6.20. The number of likely N-dealkylation sites (tertiary alicyclic amines) is 1. The molecular formula is C19H23N3O3. The van der Waals surface area contributed by atoms with Gasteiger partial charge in [0.25, 0.3) is 5.91 Å². The van der Waals surface area contributed by atoms with Crippen LogP contribution in [0.1, 0.15) is 30.5 Å². The van der Waals surface area contributed by atoms with Crippen LogP contribution in [0, 0.1) is 0 Å². The quantitative estimate of drug-likeness (QED) is 0.927. The zero-order chi connectivity index (χ0) is 17.3. The summed E-state index contributed by atoms with van der Waals surface area (Å²) in [5, 5.41) is 7.37. The van der Waals surface area contributed by atoms with E-state index < -0.39 is 0 Å². The Hall–Kier alpha value is -2.50. The molecule has 1 fully saturated rings. The minimum Gasteiger partial charge on any atom is -0.497 e. The Kier molecular flexibility index (Phi) is 4.11. The smallest absolute Gasteiger partial charge is 0.260 e. The maximum absolute atomic E-state index is 12.7. The predicted octanol–water partition coefficient (Wildman–Crippen LogP) is 2.30. The lowest BCUT2D eigenvalue weighted by Gasteiger charge is -2.40. The van der Waals surface area contributed by atoms with Crippen LogP contribution in [-0.2, 0) is 16.6 Å². The van der Waals surface area contributed by atoms with Gasteiger partial charge in [-0.25, -0.2) is 0 Å². The van der Waals surface area contributed by atoms with Crippen LogP contribution in [-0.4, -0.2) is 47.8 Å². The Morgan fingerprint density at radius 3 is 3.12 bits per heavy atom. The number of benzene rings is 1. The first kappa shape index (κ1) is 16.0. The third-order valence-electron chi connectivity index (χ3n) is 5.45. The fourth-order valence-corrected chi connectivity index (χ4v) is 4.14. The molecule has 4 rings (SSSR count). The first-order chi connectivity index (χ1) is 12.2. The molecule has 0 bridgehead atoms. The lowest BCUT2D eigenvalue weighted by molar-refractivity contribution is -0.135. The molecule has 1 amide bonds. The summed E-state index contributed by atoms with van der Waals surface area (Å²) in [5.41, 5.74) is 2.59. The van der Waals surface area contributed by atoms with Crippen molar-refractivity contribution in [1.29, 1.82) is 0 Å². The molecule has 1 atom stereocenters. The molecule has 2 aliphatic rings. The summed E-state index contributed by atoms with van der Waals surface area (Å²) in [4.78, 5) is 14.6. The summed E-state index contributed by atoms with van der Waals surface area (Å²) in [7, 11) is 1.61. The van der Waals surface area contributed by atoms with Crippen LogP contribution in [0.2, 0.25) is 0 Å². The fraction of sp³-hybridized carbons (Fsp3) is 0.474. The summed E-state index contributed by atoms with van der Waals surface area (Å²) in [5.74, 6) is 1.41. The van der Waals surface area contributed by atoms with E-state index in [0.717, 1.165) is 44.5 Å². The molecule has 1 aromatic carbocycles. The number of amides is 1. The van der Waals surface area contributed by atoms with E-state index >= 15 is 0 Å². The zero-order valence-electron chi connectivity index (χ0n) is 14.5.